The van der Waals surface area contributed by atoms with Gasteiger partial charge in [0.2, 0.25) is 0 Å². The molecule has 13 rings (SSSR count). The van der Waals surface area contributed by atoms with Crippen molar-refractivity contribution in [2.75, 3.05) is 4.90 Å². The summed E-state index contributed by atoms with van der Waals surface area (Å²) in [6.07, 6.45) is 0. The summed E-state index contributed by atoms with van der Waals surface area (Å²) in [5.41, 5.74) is 20.5. The van der Waals surface area contributed by atoms with Gasteiger partial charge in [-0.15, -0.1) is 0 Å². The molecule has 1 aliphatic rings. The molecule has 0 radical (unpaired) electrons. The van der Waals surface area contributed by atoms with E-state index in [1.807, 2.05) is 0 Å². The third-order valence-electron chi connectivity index (χ3n) is 14.1. The average Bonchev–Trinajstić information content (AvgIpc) is 3.98. The monoisotopic (exact) mass is 843 g/mol. The highest BCUT2D eigenvalue weighted by Gasteiger charge is 2.37. The van der Waals surface area contributed by atoms with Crippen LogP contribution in [0.1, 0.15) is 25.0 Å². The fraction of sp³-hybridized carbons (Fsp3) is 0.0476. The van der Waals surface area contributed by atoms with Gasteiger partial charge in [0.1, 0.15) is 0 Å². The summed E-state index contributed by atoms with van der Waals surface area (Å²) in [5, 5.41) is 5.06. The number of rotatable bonds is 7. The van der Waals surface area contributed by atoms with Crippen LogP contribution in [-0.2, 0) is 5.41 Å². The molecule has 12 aromatic rings. The molecular formula is C63H45N3. The van der Waals surface area contributed by atoms with Gasteiger partial charge in [0.15, 0.2) is 0 Å². The first-order valence-corrected chi connectivity index (χ1v) is 22.9. The van der Waals surface area contributed by atoms with Gasteiger partial charge < -0.3 is 14.0 Å². The molecule has 312 valence electrons. The van der Waals surface area contributed by atoms with E-state index in [1.54, 1.807) is 0 Å². The van der Waals surface area contributed by atoms with Crippen molar-refractivity contribution in [3.05, 3.63) is 248 Å². The van der Waals surface area contributed by atoms with Gasteiger partial charge >= 0.3 is 0 Å². The zero-order valence-electron chi connectivity index (χ0n) is 36.9. The van der Waals surface area contributed by atoms with E-state index in [-0.39, 0.29) is 5.41 Å². The van der Waals surface area contributed by atoms with Crippen LogP contribution in [0.25, 0.3) is 88.4 Å². The van der Waals surface area contributed by atoms with Gasteiger partial charge in [-0.25, -0.2) is 0 Å². The molecule has 0 atom stereocenters. The quantitative estimate of drug-likeness (QED) is 0.156. The third kappa shape index (κ3) is 5.76. The van der Waals surface area contributed by atoms with Crippen molar-refractivity contribution in [3.63, 3.8) is 0 Å². The van der Waals surface area contributed by atoms with Gasteiger partial charge in [-0.3, -0.25) is 0 Å². The van der Waals surface area contributed by atoms with Crippen LogP contribution >= 0.6 is 0 Å². The van der Waals surface area contributed by atoms with Gasteiger partial charge in [-0.1, -0.05) is 172 Å². The van der Waals surface area contributed by atoms with E-state index in [9.17, 15) is 0 Å². The molecule has 0 N–H and O–H groups in total. The molecule has 1 aliphatic carbocycles. The second kappa shape index (κ2) is 14.8. The number of anilines is 3. The van der Waals surface area contributed by atoms with Crippen LogP contribution in [0.5, 0.6) is 0 Å². The molecule has 0 spiro atoms. The number of benzene rings is 10. The van der Waals surface area contributed by atoms with E-state index in [0.29, 0.717) is 0 Å². The largest absolute Gasteiger partial charge is 0.310 e. The van der Waals surface area contributed by atoms with Crippen LogP contribution in [0.3, 0.4) is 0 Å². The number of nitrogens with zero attached hydrogens (tertiary/aromatic N) is 3. The Hall–Kier alpha value is -8.40. The summed E-state index contributed by atoms with van der Waals surface area (Å²) in [6, 6.07) is 86.7. The minimum atomic E-state index is -0.121. The summed E-state index contributed by atoms with van der Waals surface area (Å²) < 4.78 is 4.77. The van der Waals surface area contributed by atoms with Crippen molar-refractivity contribution in [2.45, 2.75) is 19.3 Å². The zero-order chi connectivity index (χ0) is 43.9. The van der Waals surface area contributed by atoms with Crippen molar-refractivity contribution in [1.29, 1.82) is 0 Å². The van der Waals surface area contributed by atoms with Gasteiger partial charge in [0.05, 0.1) is 27.8 Å². The Labute approximate surface area is 384 Å². The van der Waals surface area contributed by atoms with Crippen molar-refractivity contribution in [2.24, 2.45) is 0 Å². The summed E-state index contributed by atoms with van der Waals surface area (Å²) in [4.78, 5) is 2.46. The number of hydrogen-bond acceptors (Lipinski definition) is 1. The predicted molar refractivity (Wildman–Crippen MR) is 278 cm³/mol. The predicted octanol–water partition coefficient (Wildman–Crippen LogP) is 17.0. The third-order valence-corrected chi connectivity index (χ3v) is 14.1. The number of aromatic nitrogens is 2. The van der Waals surface area contributed by atoms with Gasteiger partial charge in [-0.2, -0.15) is 0 Å². The Morgan fingerprint density at radius 1 is 0.333 bits per heavy atom. The molecule has 0 aliphatic heterocycles. The molecule has 10 aromatic carbocycles. The van der Waals surface area contributed by atoms with E-state index in [1.165, 1.54) is 93.8 Å². The molecule has 0 fully saturated rings. The molecule has 2 aromatic heterocycles. The highest BCUT2D eigenvalue weighted by molar-refractivity contribution is 6.16. The Balaban J connectivity index is 0.919. The van der Waals surface area contributed by atoms with Crippen LogP contribution in [-0.4, -0.2) is 9.13 Å². The smallest absolute Gasteiger partial charge is 0.0547 e. The fourth-order valence-electron chi connectivity index (χ4n) is 11.1. The standard InChI is InChI=1S/C63H45N3/c1-63(2)54-23-10-6-20-52(54)62-55(63)24-15-29-60(62)64(46-36-30-42(31-37-46)43-32-38-48(39-33-43)65-56-25-11-7-18-50(56)51-19-8-12-26-57(51)65)47-40-34-44(35-41-47)49-22-14-28-59-61(49)53-21-9-13-27-58(53)66(59)45-16-4-3-5-17-45/h3-41H,1-2H3. The number of fused-ring (bicyclic) bond motifs is 9. The molecule has 0 bridgehead atoms. The van der Waals surface area contributed by atoms with Crippen molar-refractivity contribution < 1.29 is 0 Å². The molecule has 3 heteroatoms. The summed E-state index contributed by atoms with van der Waals surface area (Å²) in [6.45, 7) is 4.72. The number of para-hydroxylation sites is 4. The molecule has 0 saturated heterocycles. The lowest BCUT2D eigenvalue weighted by Gasteiger charge is -2.29. The van der Waals surface area contributed by atoms with E-state index in [0.717, 1.165) is 22.7 Å². The maximum atomic E-state index is 2.46. The molecule has 0 amide bonds. The SMILES string of the molecule is CC1(C)c2ccccc2-c2c(N(c3ccc(-c4ccc(-n5c6ccccc6c6ccccc65)cc4)cc3)c3ccc(-c4cccc5c4c4ccccc4n5-c4ccccc4)cc3)cccc21. The van der Waals surface area contributed by atoms with E-state index in [2.05, 4.69) is 264 Å². The van der Waals surface area contributed by atoms with Crippen molar-refractivity contribution >= 4 is 60.7 Å². The van der Waals surface area contributed by atoms with Gasteiger partial charge in [0.25, 0.3) is 0 Å². The molecule has 66 heavy (non-hydrogen) atoms. The summed E-state index contributed by atoms with van der Waals surface area (Å²) in [7, 11) is 0. The van der Waals surface area contributed by atoms with Crippen LogP contribution in [0.2, 0.25) is 0 Å². The van der Waals surface area contributed by atoms with Crippen LogP contribution in [0.4, 0.5) is 17.1 Å². The first-order chi connectivity index (χ1) is 32.5. The first kappa shape index (κ1) is 38.1. The van der Waals surface area contributed by atoms with Crippen LogP contribution in [0.15, 0.2) is 237 Å². The van der Waals surface area contributed by atoms with E-state index >= 15 is 0 Å². The topological polar surface area (TPSA) is 13.1 Å². The van der Waals surface area contributed by atoms with Crippen LogP contribution in [0, 0.1) is 0 Å². The molecule has 2 heterocycles. The van der Waals surface area contributed by atoms with Gasteiger partial charge in [-0.05, 0) is 118 Å². The lowest BCUT2D eigenvalue weighted by Crippen LogP contribution is -2.16. The van der Waals surface area contributed by atoms with Crippen molar-refractivity contribution in [1.82, 2.24) is 9.13 Å². The highest BCUT2D eigenvalue weighted by Crippen LogP contribution is 2.54. The first-order valence-electron chi connectivity index (χ1n) is 22.9. The Kier molecular flexibility index (Phi) is 8.56. The van der Waals surface area contributed by atoms with E-state index in [4.69, 9.17) is 0 Å². The molecule has 0 saturated carbocycles. The second-order valence-electron chi connectivity index (χ2n) is 18.1. The Morgan fingerprint density at radius 3 is 1.45 bits per heavy atom. The maximum absolute atomic E-state index is 2.46. The average molecular weight is 844 g/mol. The highest BCUT2D eigenvalue weighted by atomic mass is 15.1. The maximum Gasteiger partial charge on any atom is 0.0547 e. The minimum absolute atomic E-state index is 0.121. The van der Waals surface area contributed by atoms with E-state index < -0.39 is 0 Å². The summed E-state index contributed by atoms with van der Waals surface area (Å²) in [5.74, 6) is 0. The zero-order valence-corrected chi connectivity index (χ0v) is 36.9. The Bertz CT molecular complexity index is 3760. The van der Waals surface area contributed by atoms with Crippen LogP contribution < -0.4 is 4.90 Å². The second-order valence-corrected chi connectivity index (χ2v) is 18.1. The molecular weight excluding hydrogens is 799 g/mol. The minimum Gasteiger partial charge on any atom is -0.310 e. The molecule has 3 nitrogen and oxygen atoms in total. The Morgan fingerprint density at radius 2 is 0.788 bits per heavy atom. The fourth-order valence-corrected chi connectivity index (χ4v) is 11.1. The number of hydrogen-bond donors (Lipinski definition) is 0. The lowest BCUT2D eigenvalue weighted by atomic mass is 9.82. The lowest BCUT2D eigenvalue weighted by molar-refractivity contribution is 0.660. The summed E-state index contributed by atoms with van der Waals surface area (Å²) >= 11 is 0. The normalized spacial score (nSPS) is 12.8. The molecule has 0 unspecified atom stereocenters. The van der Waals surface area contributed by atoms with Gasteiger partial charge in [0, 0.05) is 55.3 Å². The van der Waals surface area contributed by atoms with Crippen molar-refractivity contribution in [3.8, 4) is 44.8 Å².